The number of ether oxygens (including phenoxy) is 6. The van der Waals surface area contributed by atoms with Crippen molar-refractivity contribution in [2.75, 3.05) is 79.3 Å². The van der Waals surface area contributed by atoms with Crippen LogP contribution in [0.2, 0.25) is 0 Å². The topological polar surface area (TPSA) is 95.8 Å². The zero-order valence-electron chi connectivity index (χ0n) is 15.7. The van der Waals surface area contributed by atoms with Crippen LogP contribution in [0.15, 0.2) is 12.1 Å². The quantitative estimate of drug-likeness (QED) is 0.188. The summed E-state index contributed by atoms with van der Waals surface area (Å²) >= 11 is 4.42. The molecular weight excluding hydrogens is 598 g/mol. The van der Waals surface area contributed by atoms with Crippen molar-refractivity contribution in [2.24, 2.45) is 0 Å². The van der Waals surface area contributed by atoms with Gasteiger partial charge >= 0.3 is 0 Å². The van der Waals surface area contributed by atoms with Gasteiger partial charge in [-0.3, -0.25) is 0 Å². The molecule has 1 aromatic rings. The maximum absolute atomic E-state index is 8.60. The van der Waals surface area contributed by atoms with E-state index < -0.39 is 0 Å². The number of rotatable bonds is 18. The number of halogens is 2. The Hall–Kier alpha value is 0.0400. The minimum atomic E-state index is 0.0211. The summed E-state index contributed by atoms with van der Waals surface area (Å²) in [5.41, 5.74) is 0. The summed E-state index contributed by atoms with van der Waals surface area (Å²) in [7, 11) is 0. The van der Waals surface area contributed by atoms with Crippen LogP contribution in [0.5, 0.6) is 11.5 Å². The number of aliphatic hydroxyl groups excluding tert-OH is 2. The van der Waals surface area contributed by atoms with Gasteiger partial charge in [0.15, 0.2) is 0 Å². The molecule has 0 bridgehead atoms. The monoisotopic (exact) mass is 626 g/mol. The van der Waals surface area contributed by atoms with Crippen LogP contribution in [-0.2, 0) is 18.9 Å². The molecule has 0 amide bonds. The average Bonchev–Trinajstić information content (AvgIpc) is 2.69. The molecular formula is C18H28I2O8. The molecule has 8 nitrogen and oxygen atoms in total. The lowest BCUT2D eigenvalue weighted by molar-refractivity contribution is 0.0243. The maximum Gasteiger partial charge on any atom is 0.134 e. The van der Waals surface area contributed by atoms with Crippen molar-refractivity contribution in [2.45, 2.75) is 0 Å². The summed E-state index contributed by atoms with van der Waals surface area (Å²) in [5, 5.41) is 17.2. The Kier molecular flexibility index (Phi) is 16.6. The van der Waals surface area contributed by atoms with Gasteiger partial charge in [-0.2, -0.15) is 0 Å². The first-order valence-electron chi connectivity index (χ1n) is 8.96. The first kappa shape index (κ1) is 26.1. The second-order valence-corrected chi connectivity index (χ2v) is 7.63. The van der Waals surface area contributed by atoms with Crippen molar-refractivity contribution in [3.63, 3.8) is 0 Å². The number of benzene rings is 1. The van der Waals surface area contributed by atoms with Crippen LogP contribution in [0, 0.1) is 7.14 Å². The van der Waals surface area contributed by atoms with E-state index in [1.165, 1.54) is 0 Å². The van der Waals surface area contributed by atoms with Crippen molar-refractivity contribution in [3.8, 4) is 11.5 Å². The minimum absolute atomic E-state index is 0.0211. The van der Waals surface area contributed by atoms with E-state index in [1.54, 1.807) is 0 Å². The van der Waals surface area contributed by atoms with Gasteiger partial charge in [-0.1, -0.05) is 0 Å². The average molecular weight is 626 g/mol. The molecule has 162 valence electrons. The summed E-state index contributed by atoms with van der Waals surface area (Å²) < 4.78 is 34.5. The van der Waals surface area contributed by atoms with Gasteiger partial charge in [-0.25, -0.2) is 0 Å². The fourth-order valence-electron chi connectivity index (χ4n) is 1.93. The van der Waals surface area contributed by atoms with Crippen LogP contribution in [0.3, 0.4) is 0 Å². The van der Waals surface area contributed by atoms with E-state index in [9.17, 15) is 0 Å². The van der Waals surface area contributed by atoms with Crippen molar-refractivity contribution in [3.05, 3.63) is 19.3 Å². The number of hydrogen-bond acceptors (Lipinski definition) is 8. The van der Waals surface area contributed by atoms with Gasteiger partial charge in [0.25, 0.3) is 0 Å². The van der Waals surface area contributed by atoms with Gasteiger partial charge in [-0.15, -0.1) is 0 Å². The summed E-state index contributed by atoms with van der Waals surface area (Å²) in [6.45, 7) is 4.38. The molecule has 0 aliphatic rings. The Morgan fingerprint density at radius 1 is 0.536 bits per heavy atom. The van der Waals surface area contributed by atoms with E-state index >= 15 is 0 Å². The Morgan fingerprint density at radius 3 is 1.21 bits per heavy atom. The van der Waals surface area contributed by atoms with Crippen molar-refractivity contribution < 1.29 is 38.6 Å². The van der Waals surface area contributed by atoms with Gasteiger partial charge in [0.1, 0.15) is 24.7 Å². The lowest BCUT2D eigenvalue weighted by Gasteiger charge is -2.13. The smallest absolute Gasteiger partial charge is 0.134 e. The Morgan fingerprint density at radius 2 is 0.857 bits per heavy atom. The molecule has 1 aromatic carbocycles. The lowest BCUT2D eigenvalue weighted by Crippen LogP contribution is -2.13. The largest absolute Gasteiger partial charge is 0.490 e. The highest BCUT2D eigenvalue weighted by molar-refractivity contribution is 14.1. The van der Waals surface area contributed by atoms with E-state index in [2.05, 4.69) is 45.2 Å². The predicted octanol–water partition coefficient (Wildman–Crippen LogP) is 1.70. The van der Waals surface area contributed by atoms with Crippen LogP contribution >= 0.6 is 45.2 Å². The molecule has 2 N–H and O–H groups in total. The lowest BCUT2D eigenvalue weighted by atomic mass is 10.3. The number of aliphatic hydroxyl groups is 2. The van der Waals surface area contributed by atoms with Crippen molar-refractivity contribution in [1.29, 1.82) is 0 Å². The van der Waals surface area contributed by atoms with E-state index in [0.717, 1.165) is 18.6 Å². The molecule has 0 spiro atoms. The third kappa shape index (κ3) is 12.6. The van der Waals surface area contributed by atoms with E-state index in [-0.39, 0.29) is 13.2 Å². The van der Waals surface area contributed by atoms with Crippen molar-refractivity contribution >= 4 is 45.2 Å². The fraction of sp³-hybridized carbons (Fsp3) is 0.667. The Bertz CT molecular complexity index is 473. The second-order valence-electron chi connectivity index (χ2n) is 5.31. The molecule has 0 aliphatic heterocycles. The summed E-state index contributed by atoms with van der Waals surface area (Å²) in [6.07, 6.45) is 0. The van der Waals surface area contributed by atoms with Crippen LogP contribution < -0.4 is 9.47 Å². The SMILES string of the molecule is OCCOCCOCCOc1cc(I)c(OCCOCCOCCO)cc1I. The molecule has 0 radical (unpaired) electrons. The van der Waals surface area contributed by atoms with Crippen LogP contribution in [0.25, 0.3) is 0 Å². The molecule has 28 heavy (non-hydrogen) atoms. The first-order valence-corrected chi connectivity index (χ1v) is 11.1. The molecule has 0 aliphatic carbocycles. The Balaban J connectivity index is 2.20. The number of hydrogen-bond donors (Lipinski definition) is 2. The van der Waals surface area contributed by atoms with Crippen LogP contribution in [-0.4, -0.2) is 89.5 Å². The summed E-state index contributed by atoms with van der Waals surface area (Å²) in [4.78, 5) is 0. The molecule has 0 fully saturated rings. The molecule has 0 saturated heterocycles. The Labute approximate surface area is 193 Å². The van der Waals surface area contributed by atoms with Gasteiger partial charge in [0.05, 0.1) is 73.2 Å². The molecule has 0 saturated carbocycles. The van der Waals surface area contributed by atoms with Gasteiger partial charge in [0.2, 0.25) is 0 Å². The molecule has 0 unspecified atom stereocenters. The minimum Gasteiger partial charge on any atom is -0.490 e. The van der Waals surface area contributed by atoms with E-state index in [0.29, 0.717) is 66.1 Å². The highest BCUT2D eigenvalue weighted by atomic mass is 127. The fourth-order valence-corrected chi connectivity index (χ4v) is 3.11. The summed E-state index contributed by atoms with van der Waals surface area (Å²) in [6, 6.07) is 3.87. The molecule has 1 rings (SSSR count). The second kappa shape index (κ2) is 17.9. The molecule has 0 heterocycles. The van der Waals surface area contributed by atoms with Crippen LogP contribution in [0.1, 0.15) is 0 Å². The zero-order chi connectivity index (χ0) is 20.5. The van der Waals surface area contributed by atoms with Crippen molar-refractivity contribution in [1.82, 2.24) is 0 Å². The highest BCUT2D eigenvalue weighted by Gasteiger charge is 2.09. The summed E-state index contributed by atoms with van der Waals surface area (Å²) in [5.74, 6) is 1.57. The first-order chi connectivity index (χ1) is 13.7. The van der Waals surface area contributed by atoms with E-state index in [1.807, 2.05) is 12.1 Å². The van der Waals surface area contributed by atoms with E-state index in [4.69, 9.17) is 38.6 Å². The highest BCUT2D eigenvalue weighted by Crippen LogP contribution is 2.31. The molecule has 10 heteroatoms. The third-order valence-corrected chi connectivity index (χ3v) is 4.86. The maximum atomic E-state index is 8.60. The predicted molar refractivity (Wildman–Crippen MR) is 120 cm³/mol. The molecule has 0 aromatic heterocycles. The van der Waals surface area contributed by atoms with Gasteiger partial charge in [0, 0.05) is 0 Å². The van der Waals surface area contributed by atoms with Gasteiger partial charge < -0.3 is 38.6 Å². The van der Waals surface area contributed by atoms with Gasteiger partial charge in [-0.05, 0) is 57.3 Å². The standard InChI is InChI=1S/C18H28I2O8/c19-15-14-18(28-12-10-26-8-6-24-4-2-22)16(20)13-17(15)27-11-9-25-7-5-23-3-1-21/h13-14,21-22H,1-12H2. The molecule has 0 atom stereocenters. The third-order valence-electron chi connectivity index (χ3n) is 3.17. The normalized spacial score (nSPS) is 11.0. The van der Waals surface area contributed by atoms with Crippen LogP contribution in [0.4, 0.5) is 0 Å². The zero-order valence-corrected chi connectivity index (χ0v) is 20.1.